The van der Waals surface area contributed by atoms with Crippen LogP contribution in [0, 0.1) is 0 Å². The van der Waals surface area contributed by atoms with Crippen molar-refractivity contribution in [1.82, 2.24) is 0 Å². The van der Waals surface area contributed by atoms with Crippen molar-refractivity contribution in [2.75, 3.05) is 0 Å². The number of unbranched alkanes of at least 4 members (excludes halogenated alkanes) is 1. The molecular formula is C10H26O3Si. The average Bonchev–Trinajstić information content (AvgIpc) is 2.01. The molecule has 0 aliphatic rings. The molecule has 88 valence electrons. The first-order valence-corrected chi connectivity index (χ1v) is 6.88. The lowest BCUT2D eigenvalue weighted by Gasteiger charge is -2.15. The fourth-order valence-electron chi connectivity index (χ4n) is 0.498. The minimum atomic E-state index is -2.32. The highest BCUT2D eigenvalue weighted by Crippen LogP contribution is 1.96. The fraction of sp³-hybridized carbons (Fsp3) is 1.00. The van der Waals surface area contributed by atoms with Gasteiger partial charge in [-0.3, -0.25) is 0 Å². The molecule has 0 amide bonds. The molecule has 0 aromatic heterocycles. The van der Waals surface area contributed by atoms with E-state index in [1.807, 2.05) is 27.7 Å². The SMILES string of the molecule is CC(C)O[SiH](O)OC(C)C.CCCC. The summed E-state index contributed by atoms with van der Waals surface area (Å²) in [6.07, 6.45) is 2.75. The molecule has 0 saturated carbocycles. The van der Waals surface area contributed by atoms with Gasteiger partial charge in [-0.25, -0.2) is 0 Å². The molecule has 0 spiro atoms. The van der Waals surface area contributed by atoms with Crippen molar-refractivity contribution in [3.05, 3.63) is 0 Å². The van der Waals surface area contributed by atoms with Gasteiger partial charge < -0.3 is 13.6 Å². The molecule has 0 heterocycles. The molecule has 0 aromatic rings. The van der Waals surface area contributed by atoms with E-state index in [9.17, 15) is 0 Å². The highest BCUT2D eigenvalue weighted by Gasteiger charge is 2.12. The first-order chi connectivity index (χ1) is 6.43. The summed E-state index contributed by atoms with van der Waals surface area (Å²) in [7, 11) is -2.32. The van der Waals surface area contributed by atoms with Gasteiger partial charge in [0.1, 0.15) is 0 Å². The number of hydrogen-bond donors (Lipinski definition) is 1. The van der Waals surface area contributed by atoms with Crippen LogP contribution in [0.4, 0.5) is 0 Å². The lowest BCUT2D eigenvalue weighted by atomic mass is 10.4. The molecule has 14 heavy (non-hydrogen) atoms. The summed E-state index contributed by atoms with van der Waals surface area (Å²) in [6, 6.07) is 0. The van der Waals surface area contributed by atoms with Crippen molar-refractivity contribution in [3.63, 3.8) is 0 Å². The molecule has 0 fully saturated rings. The summed E-state index contributed by atoms with van der Waals surface area (Å²) >= 11 is 0. The Hall–Kier alpha value is 0.0969. The zero-order chi connectivity index (χ0) is 11.6. The van der Waals surface area contributed by atoms with E-state index in [0.717, 1.165) is 0 Å². The van der Waals surface area contributed by atoms with E-state index in [-0.39, 0.29) is 12.2 Å². The van der Waals surface area contributed by atoms with Crippen LogP contribution in [0.3, 0.4) is 0 Å². The zero-order valence-corrected chi connectivity index (χ0v) is 11.6. The Labute approximate surface area is 90.4 Å². The Morgan fingerprint density at radius 1 is 0.929 bits per heavy atom. The Kier molecular flexibility index (Phi) is 13.2. The van der Waals surface area contributed by atoms with E-state index in [0.29, 0.717) is 0 Å². The standard InChI is InChI=1S/C6H16O3Si.C4H10/c1-5(2)8-10(7)9-6(3)4;1-3-4-2/h5-7,10H,1-4H3;3-4H2,1-2H3. The van der Waals surface area contributed by atoms with Crippen LogP contribution >= 0.6 is 0 Å². The Morgan fingerprint density at radius 3 is 1.36 bits per heavy atom. The van der Waals surface area contributed by atoms with Crippen LogP contribution in [0.25, 0.3) is 0 Å². The monoisotopic (exact) mass is 222 g/mol. The summed E-state index contributed by atoms with van der Waals surface area (Å²) in [4.78, 5) is 9.08. The normalized spacial score (nSPS) is 10.7. The second-order valence-corrected chi connectivity index (χ2v) is 4.84. The van der Waals surface area contributed by atoms with Crippen LogP contribution in [0.15, 0.2) is 0 Å². The quantitative estimate of drug-likeness (QED) is 0.726. The summed E-state index contributed by atoms with van der Waals surface area (Å²) in [6.45, 7) is 11.9. The molecule has 1 N–H and O–H groups in total. The van der Waals surface area contributed by atoms with E-state index in [2.05, 4.69) is 13.8 Å². The van der Waals surface area contributed by atoms with Crippen LogP contribution < -0.4 is 0 Å². The molecule has 0 unspecified atom stereocenters. The Bertz CT molecular complexity index is 95.5. The van der Waals surface area contributed by atoms with E-state index >= 15 is 0 Å². The molecule has 0 aliphatic carbocycles. The van der Waals surface area contributed by atoms with Crippen LogP contribution in [-0.4, -0.2) is 26.5 Å². The maximum absolute atomic E-state index is 9.08. The summed E-state index contributed by atoms with van der Waals surface area (Å²) < 4.78 is 10.1. The number of hydrogen-bond acceptors (Lipinski definition) is 3. The third-order valence-electron chi connectivity index (χ3n) is 1.28. The second-order valence-electron chi connectivity index (χ2n) is 3.68. The highest BCUT2D eigenvalue weighted by atomic mass is 28.3. The van der Waals surface area contributed by atoms with Crippen LogP contribution in [0.5, 0.6) is 0 Å². The number of rotatable bonds is 5. The minimum Gasteiger partial charge on any atom is -0.392 e. The van der Waals surface area contributed by atoms with Gasteiger partial charge in [-0.1, -0.05) is 26.7 Å². The van der Waals surface area contributed by atoms with E-state index in [4.69, 9.17) is 13.6 Å². The van der Waals surface area contributed by atoms with Gasteiger partial charge in [0.2, 0.25) is 0 Å². The lowest BCUT2D eigenvalue weighted by molar-refractivity contribution is 0.0790. The van der Waals surface area contributed by atoms with Crippen molar-refractivity contribution in [1.29, 1.82) is 0 Å². The van der Waals surface area contributed by atoms with Crippen LogP contribution in [-0.2, 0) is 8.85 Å². The van der Waals surface area contributed by atoms with Gasteiger partial charge >= 0.3 is 9.53 Å². The average molecular weight is 222 g/mol. The molecule has 0 atom stereocenters. The zero-order valence-electron chi connectivity index (χ0n) is 10.4. The van der Waals surface area contributed by atoms with Crippen LogP contribution in [0.1, 0.15) is 54.4 Å². The molecule has 0 radical (unpaired) electrons. The van der Waals surface area contributed by atoms with Gasteiger partial charge in [-0.05, 0) is 27.7 Å². The molecule has 0 saturated heterocycles. The van der Waals surface area contributed by atoms with Crippen molar-refractivity contribution >= 4 is 9.53 Å². The maximum Gasteiger partial charge on any atom is 0.481 e. The van der Waals surface area contributed by atoms with Gasteiger partial charge in [-0.15, -0.1) is 0 Å². The predicted molar refractivity (Wildman–Crippen MR) is 62.4 cm³/mol. The fourth-order valence-corrected chi connectivity index (χ4v) is 1.49. The topological polar surface area (TPSA) is 38.7 Å². The largest absolute Gasteiger partial charge is 0.481 e. The molecular weight excluding hydrogens is 196 g/mol. The highest BCUT2D eigenvalue weighted by molar-refractivity contribution is 6.34. The molecule has 4 heteroatoms. The van der Waals surface area contributed by atoms with Gasteiger partial charge in [-0.2, -0.15) is 0 Å². The van der Waals surface area contributed by atoms with Crippen molar-refractivity contribution in [2.24, 2.45) is 0 Å². The summed E-state index contributed by atoms with van der Waals surface area (Å²) in [5, 5.41) is 0. The minimum absolute atomic E-state index is 0.0559. The van der Waals surface area contributed by atoms with Crippen molar-refractivity contribution in [3.8, 4) is 0 Å². The first-order valence-electron chi connectivity index (χ1n) is 5.42. The smallest absolute Gasteiger partial charge is 0.392 e. The van der Waals surface area contributed by atoms with Gasteiger partial charge in [0, 0.05) is 12.2 Å². The molecule has 0 rings (SSSR count). The molecule has 0 aliphatic heterocycles. The van der Waals surface area contributed by atoms with E-state index < -0.39 is 9.53 Å². The van der Waals surface area contributed by atoms with Crippen LogP contribution in [0.2, 0.25) is 0 Å². The summed E-state index contributed by atoms with van der Waals surface area (Å²) in [5.41, 5.74) is 0. The maximum atomic E-state index is 9.08. The lowest BCUT2D eigenvalue weighted by Crippen LogP contribution is -2.29. The van der Waals surface area contributed by atoms with Crippen molar-refractivity contribution in [2.45, 2.75) is 66.6 Å². The Balaban J connectivity index is 0. The Morgan fingerprint density at radius 2 is 1.21 bits per heavy atom. The van der Waals surface area contributed by atoms with Crippen molar-refractivity contribution < 1.29 is 13.6 Å². The first kappa shape index (κ1) is 16.5. The van der Waals surface area contributed by atoms with E-state index in [1.54, 1.807) is 0 Å². The molecule has 0 aromatic carbocycles. The molecule has 3 nitrogen and oxygen atoms in total. The summed E-state index contributed by atoms with van der Waals surface area (Å²) in [5.74, 6) is 0. The predicted octanol–water partition coefficient (Wildman–Crippen LogP) is 2.35. The third-order valence-corrected chi connectivity index (χ3v) is 2.83. The second kappa shape index (κ2) is 11.2. The van der Waals surface area contributed by atoms with E-state index in [1.165, 1.54) is 12.8 Å². The van der Waals surface area contributed by atoms with Gasteiger partial charge in [0.25, 0.3) is 0 Å². The van der Waals surface area contributed by atoms with Gasteiger partial charge in [0.15, 0.2) is 0 Å². The van der Waals surface area contributed by atoms with Gasteiger partial charge in [0.05, 0.1) is 0 Å². The molecule has 0 bridgehead atoms. The third kappa shape index (κ3) is 18.0.